The molecule has 2 nitrogen and oxygen atoms in total. The highest BCUT2D eigenvalue weighted by molar-refractivity contribution is 4.67. The monoisotopic (exact) mass is 227 g/mol. The molecule has 2 heteroatoms. The summed E-state index contributed by atoms with van der Waals surface area (Å²) in [5.74, 6) is 1.03. The molecule has 1 aliphatic rings. The van der Waals surface area contributed by atoms with Crippen LogP contribution in [0.4, 0.5) is 0 Å². The van der Waals surface area contributed by atoms with Gasteiger partial charge >= 0.3 is 0 Å². The van der Waals surface area contributed by atoms with Crippen LogP contribution in [0.1, 0.15) is 58.3 Å². The lowest BCUT2D eigenvalue weighted by atomic mass is 9.86. The quantitative estimate of drug-likeness (QED) is 0.642. The van der Waals surface area contributed by atoms with Gasteiger partial charge in [0.05, 0.1) is 0 Å². The average Bonchev–Trinajstić information content (AvgIpc) is 2.33. The molecule has 0 spiro atoms. The molecule has 1 fully saturated rings. The third kappa shape index (κ3) is 6.49. The largest absolute Gasteiger partial charge is 0.385 e. The van der Waals surface area contributed by atoms with E-state index < -0.39 is 0 Å². The number of nitrogens with one attached hydrogen (secondary N) is 1. The second kappa shape index (κ2) is 9.00. The van der Waals surface area contributed by atoms with E-state index in [1.165, 1.54) is 51.5 Å². The first kappa shape index (κ1) is 14.0. The maximum Gasteiger partial charge on any atom is 0.0476 e. The Hall–Kier alpha value is -0.0800. The van der Waals surface area contributed by atoms with Gasteiger partial charge in [0.2, 0.25) is 0 Å². The van der Waals surface area contributed by atoms with Crippen molar-refractivity contribution in [1.82, 2.24) is 5.32 Å². The Morgan fingerprint density at radius 2 is 2.00 bits per heavy atom. The van der Waals surface area contributed by atoms with Crippen LogP contribution in [0.2, 0.25) is 0 Å². The van der Waals surface area contributed by atoms with Gasteiger partial charge in [0, 0.05) is 19.8 Å². The van der Waals surface area contributed by atoms with Gasteiger partial charge in [-0.05, 0) is 38.6 Å². The Labute approximate surface area is 101 Å². The topological polar surface area (TPSA) is 21.3 Å². The van der Waals surface area contributed by atoms with E-state index in [0.29, 0.717) is 6.04 Å². The van der Waals surface area contributed by atoms with Crippen LogP contribution in [0.3, 0.4) is 0 Å². The normalized spacial score (nSPS) is 19.9. The molecule has 0 aliphatic heterocycles. The second-order valence-electron chi connectivity index (χ2n) is 5.28. The van der Waals surface area contributed by atoms with Gasteiger partial charge in [0.25, 0.3) is 0 Å². The number of ether oxygens (including phenoxy) is 1. The highest BCUT2D eigenvalue weighted by atomic mass is 16.5. The standard InChI is InChI=1S/C14H29NO/c1-13(10-12-16-2)15-11-6-9-14-7-4-3-5-8-14/h13-15H,3-12H2,1-2H3. The molecule has 1 rings (SSSR count). The Morgan fingerprint density at radius 1 is 1.25 bits per heavy atom. The van der Waals surface area contributed by atoms with Crippen molar-refractivity contribution in [2.24, 2.45) is 5.92 Å². The molecule has 1 saturated carbocycles. The molecule has 1 aliphatic carbocycles. The minimum Gasteiger partial charge on any atom is -0.385 e. The Bertz CT molecular complexity index is 155. The summed E-state index contributed by atoms with van der Waals surface area (Å²) in [7, 11) is 1.77. The first-order valence-corrected chi connectivity index (χ1v) is 7.05. The van der Waals surface area contributed by atoms with Gasteiger partial charge in [-0.25, -0.2) is 0 Å². The van der Waals surface area contributed by atoms with Crippen molar-refractivity contribution in [3.63, 3.8) is 0 Å². The molecule has 1 N–H and O–H groups in total. The van der Waals surface area contributed by atoms with Crippen molar-refractivity contribution in [3.8, 4) is 0 Å². The van der Waals surface area contributed by atoms with E-state index >= 15 is 0 Å². The number of hydrogen-bond donors (Lipinski definition) is 1. The predicted molar refractivity (Wildman–Crippen MR) is 69.8 cm³/mol. The molecule has 0 aromatic heterocycles. The molecule has 0 bridgehead atoms. The van der Waals surface area contributed by atoms with Gasteiger partial charge in [-0.3, -0.25) is 0 Å². The number of hydrogen-bond acceptors (Lipinski definition) is 2. The minimum atomic E-state index is 0.603. The van der Waals surface area contributed by atoms with Crippen LogP contribution in [-0.4, -0.2) is 26.3 Å². The smallest absolute Gasteiger partial charge is 0.0476 e. The number of methoxy groups -OCH3 is 1. The van der Waals surface area contributed by atoms with Crippen molar-refractivity contribution >= 4 is 0 Å². The van der Waals surface area contributed by atoms with Gasteiger partial charge in [-0.2, -0.15) is 0 Å². The zero-order chi connectivity index (χ0) is 11.6. The first-order valence-electron chi connectivity index (χ1n) is 7.05. The Morgan fingerprint density at radius 3 is 2.69 bits per heavy atom. The van der Waals surface area contributed by atoms with E-state index in [1.807, 2.05) is 0 Å². The fraction of sp³-hybridized carbons (Fsp3) is 1.00. The second-order valence-corrected chi connectivity index (χ2v) is 5.28. The molecule has 1 atom stereocenters. The zero-order valence-electron chi connectivity index (χ0n) is 11.1. The molecule has 1 unspecified atom stereocenters. The Kier molecular flexibility index (Phi) is 7.87. The minimum absolute atomic E-state index is 0.603. The first-order chi connectivity index (χ1) is 7.83. The third-order valence-corrected chi connectivity index (χ3v) is 3.76. The van der Waals surface area contributed by atoms with Gasteiger partial charge in [0.1, 0.15) is 0 Å². The molecule has 0 heterocycles. The van der Waals surface area contributed by atoms with Crippen molar-refractivity contribution < 1.29 is 4.74 Å². The molecule has 0 aromatic carbocycles. The van der Waals surface area contributed by atoms with Crippen molar-refractivity contribution in [2.75, 3.05) is 20.3 Å². The van der Waals surface area contributed by atoms with Crippen LogP contribution in [-0.2, 0) is 4.74 Å². The fourth-order valence-corrected chi connectivity index (χ4v) is 2.61. The summed E-state index contributed by atoms with van der Waals surface area (Å²) in [6.45, 7) is 4.30. The summed E-state index contributed by atoms with van der Waals surface area (Å²) < 4.78 is 5.07. The van der Waals surface area contributed by atoms with Crippen LogP contribution < -0.4 is 5.32 Å². The highest BCUT2D eigenvalue weighted by Gasteiger charge is 2.12. The summed E-state index contributed by atoms with van der Waals surface area (Å²) >= 11 is 0. The van der Waals surface area contributed by atoms with Gasteiger partial charge in [-0.1, -0.05) is 32.1 Å². The third-order valence-electron chi connectivity index (χ3n) is 3.76. The predicted octanol–water partition coefficient (Wildman–Crippen LogP) is 3.36. The maximum atomic E-state index is 5.07. The van der Waals surface area contributed by atoms with E-state index in [9.17, 15) is 0 Å². The van der Waals surface area contributed by atoms with Crippen molar-refractivity contribution in [1.29, 1.82) is 0 Å². The SMILES string of the molecule is COCCC(C)NCCCC1CCCCC1. The van der Waals surface area contributed by atoms with Crippen molar-refractivity contribution in [2.45, 2.75) is 64.3 Å². The lowest BCUT2D eigenvalue weighted by Crippen LogP contribution is -2.28. The zero-order valence-corrected chi connectivity index (χ0v) is 11.1. The van der Waals surface area contributed by atoms with Crippen LogP contribution in [0, 0.1) is 5.92 Å². The van der Waals surface area contributed by atoms with Crippen LogP contribution >= 0.6 is 0 Å². The fourth-order valence-electron chi connectivity index (χ4n) is 2.61. The summed E-state index contributed by atoms with van der Waals surface area (Å²) in [6.07, 6.45) is 11.3. The van der Waals surface area contributed by atoms with Crippen LogP contribution in [0.5, 0.6) is 0 Å². The summed E-state index contributed by atoms with van der Waals surface area (Å²) in [5.41, 5.74) is 0. The molecule has 16 heavy (non-hydrogen) atoms. The molecule has 0 saturated heterocycles. The summed E-state index contributed by atoms with van der Waals surface area (Å²) in [4.78, 5) is 0. The van der Waals surface area contributed by atoms with Crippen LogP contribution in [0.25, 0.3) is 0 Å². The molecule has 0 aromatic rings. The van der Waals surface area contributed by atoms with E-state index in [4.69, 9.17) is 4.74 Å². The summed E-state index contributed by atoms with van der Waals surface area (Å²) in [6, 6.07) is 0.603. The van der Waals surface area contributed by atoms with Gasteiger partial charge in [-0.15, -0.1) is 0 Å². The lowest BCUT2D eigenvalue weighted by molar-refractivity contribution is 0.184. The Balaban J connectivity index is 1.90. The van der Waals surface area contributed by atoms with Gasteiger partial charge in [0.15, 0.2) is 0 Å². The maximum absolute atomic E-state index is 5.07. The van der Waals surface area contributed by atoms with E-state index in [2.05, 4.69) is 12.2 Å². The highest BCUT2D eigenvalue weighted by Crippen LogP contribution is 2.26. The number of rotatable bonds is 8. The van der Waals surface area contributed by atoms with Crippen LogP contribution in [0.15, 0.2) is 0 Å². The molecule has 0 radical (unpaired) electrons. The molecular formula is C14H29NO. The van der Waals surface area contributed by atoms with Gasteiger partial charge < -0.3 is 10.1 Å². The molecule has 0 amide bonds. The van der Waals surface area contributed by atoms with Crippen molar-refractivity contribution in [3.05, 3.63) is 0 Å². The van der Waals surface area contributed by atoms with E-state index in [1.54, 1.807) is 7.11 Å². The van der Waals surface area contributed by atoms with E-state index in [-0.39, 0.29) is 0 Å². The lowest BCUT2D eigenvalue weighted by Gasteiger charge is -2.21. The molecule has 96 valence electrons. The molecular weight excluding hydrogens is 198 g/mol. The average molecular weight is 227 g/mol. The van der Waals surface area contributed by atoms with E-state index in [0.717, 1.165) is 18.9 Å². The summed E-state index contributed by atoms with van der Waals surface area (Å²) in [5, 5.41) is 3.58.